The third-order valence-corrected chi connectivity index (χ3v) is 6.57. The molecule has 0 bridgehead atoms. The summed E-state index contributed by atoms with van der Waals surface area (Å²) in [6.45, 7) is 7.09. The summed E-state index contributed by atoms with van der Waals surface area (Å²) in [4.78, 5) is 50.8. The Balaban J connectivity index is 1.39. The average Bonchev–Trinajstić information content (AvgIpc) is 2.83. The maximum absolute atomic E-state index is 13.0. The Morgan fingerprint density at radius 1 is 1.06 bits per heavy atom. The molecule has 0 radical (unpaired) electrons. The lowest BCUT2D eigenvalue weighted by molar-refractivity contribution is -0.151. The summed E-state index contributed by atoms with van der Waals surface area (Å²) in [5, 5.41) is 0. The minimum atomic E-state index is -0.149. The molecule has 1 amide bonds. The van der Waals surface area contributed by atoms with E-state index in [1.165, 1.54) is 0 Å². The van der Waals surface area contributed by atoms with Crippen molar-refractivity contribution in [3.63, 3.8) is 0 Å². The lowest BCUT2D eigenvalue weighted by Gasteiger charge is -2.37. The topological polar surface area (TPSA) is 97.6 Å². The Morgan fingerprint density at radius 2 is 1.75 bits per heavy atom. The summed E-state index contributed by atoms with van der Waals surface area (Å²) in [6, 6.07) is 3.69. The van der Waals surface area contributed by atoms with E-state index in [4.69, 9.17) is 4.74 Å². The first-order valence-corrected chi connectivity index (χ1v) is 11.6. The van der Waals surface area contributed by atoms with Crippen LogP contribution in [0.2, 0.25) is 0 Å². The number of aromatic nitrogens is 3. The molecule has 9 nitrogen and oxygen atoms in total. The van der Waals surface area contributed by atoms with Crippen molar-refractivity contribution in [1.29, 1.82) is 0 Å². The fourth-order valence-corrected chi connectivity index (χ4v) is 4.75. The van der Waals surface area contributed by atoms with E-state index in [2.05, 4.69) is 9.97 Å². The predicted octanol–water partition coefficient (Wildman–Crippen LogP) is 1.83. The molecule has 2 aliphatic rings. The minimum absolute atomic E-state index is 0.0547. The number of fused-ring (bicyclic) bond motifs is 1. The molecule has 0 N–H and O–H groups in total. The van der Waals surface area contributed by atoms with Crippen LogP contribution in [0, 0.1) is 11.8 Å². The summed E-state index contributed by atoms with van der Waals surface area (Å²) in [5.41, 5.74) is 1.16. The number of aryl methyl sites for hydroxylation is 1. The van der Waals surface area contributed by atoms with E-state index in [0.717, 1.165) is 0 Å². The second kappa shape index (κ2) is 9.67. The van der Waals surface area contributed by atoms with Gasteiger partial charge in [-0.25, -0.2) is 9.97 Å². The highest BCUT2D eigenvalue weighted by atomic mass is 16.5. The Kier molecular flexibility index (Phi) is 6.72. The van der Waals surface area contributed by atoms with Gasteiger partial charge in [0.25, 0.3) is 5.56 Å². The number of piperidine rings is 2. The van der Waals surface area contributed by atoms with Crippen LogP contribution in [-0.2, 0) is 20.9 Å². The van der Waals surface area contributed by atoms with Gasteiger partial charge in [-0.05, 0) is 51.7 Å². The van der Waals surface area contributed by atoms with Gasteiger partial charge in [0.05, 0.1) is 12.5 Å². The number of anilines is 1. The minimum Gasteiger partial charge on any atom is -0.466 e. The van der Waals surface area contributed by atoms with Crippen LogP contribution in [0.1, 0.15) is 39.5 Å². The van der Waals surface area contributed by atoms with Crippen molar-refractivity contribution < 1.29 is 14.3 Å². The molecule has 32 heavy (non-hydrogen) atoms. The van der Waals surface area contributed by atoms with Crippen LogP contribution in [0.4, 0.5) is 5.82 Å². The molecule has 0 aromatic carbocycles. The number of amides is 1. The zero-order chi connectivity index (χ0) is 22.7. The van der Waals surface area contributed by atoms with Gasteiger partial charge < -0.3 is 14.5 Å². The number of hydrogen-bond acceptors (Lipinski definition) is 7. The highest BCUT2D eigenvalue weighted by molar-refractivity contribution is 5.80. The van der Waals surface area contributed by atoms with Crippen LogP contribution in [0.25, 0.3) is 11.2 Å². The predicted molar refractivity (Wildman–Crippen MR) is 120 cm³/mol. The molecule has 0 spiro atoms. The molecule has 4 rings (SSSR count). The van der Waals surface area contributed by atoms with Crippen LogP contribution in [0.15, 0.2) is 23.1 Å². The highest BCUT2D eigenvalue weighted by Crippen LogP contribution is 2.26. The van der Waals surface area contributed by atoms with Crippen LogP contribution < -0.4 is 10.5 Å². The zero-order valence-corrected chi connectivity index (χ0v) is 18.8. The second-order valence-corrected chi connectivity index (χ2v) is 8.44. The van der Waals surface area contributed by atoms with Crippen molar-refractivity contribution in [2.75, 3.05) is 37.7 Å². The quantitative estimate of drug-likeness (QED) is 0.653. The van der Waals surface area contributed by atoms with E-state index in [-0.39, 0.29) is 29.3 Å². The van der Waals surface area contributed by atoms with E-state index in [0.29, 0.717) is 82.0 Å². The van der Waals surface area contributed by atoms with E-state index >= 15 is 0 Å². The number of carbonyl (C=O) groups excluding carboxylic acids is 2. The van der Waals surface area contributed by atoms with Gasteiger partial charge in [-0.2, -0.15) is 0 Å². The number of pyridine rings is 1. The van der Waals surface area contributed by atoms with Gasteiger partial charge in [-0.3, -0.25) is 19.0 Å². The summed E-state index contributed by atoms with van der Waals surface area (Å²) in [6.07, 6.45) is 4.37. The fourth-order valence-electron chi connectivity index (χ4n) is 4.75. The van der Waals surface area contributed by atoms with Crippen molar-refractivity contribution in [1.82, 2.24) is 19.4 Å². The van der Waals surface area contributed by atoms with Crippen molar-refractivity contribution in [3.8, 4) is 0 Å². The molecule has 172 valence electrons. The van der Waals surface area contributed by atoms with E-state index in [9.17, 15) is 14.4 Å². The van der Waals surface area contributed by atoms with E-state index < -0.39 is 0 Å². The lowest BCUT2D eigenvalue weighted by Crippen LogP contribution is -2.47. The number of rotatable bonds is 5. The van der Waals surface area contributed by atoms with Gasteiger partial charge in [-0.15, -0.1) is 0 Å². The fraction of sp³-hybridized carbons (Fsp3) is 0.609. The van der Waals surface area contributed by atoms with Crippen molar-refractivity contribution in [2.24, 2.45) is 11.8 Å². The maximum Gasteiger partial charge on any atom is 0.309 e. The molecular formula is C23H31N5O4. The molecule has 4 heterocycles. The van der Waals surface area contributed by atoms with Crippen LogP contribution in [0.5, 0.6) is 0 Å². The van der Waals surface area contributed by atoms with Gasteiger partial charge >= 0.3 is 5.97 Å². The standard InChI is InChI=1S/C23H31N5O4/c1-3-28-19-18(6-5-11-24-19)25-20(22(28)30)26-12-7-16(8-13-26)21(29)27-14-9-17(10-15-27)23(31)32-4-2/h5-6,11,16-17H,3-4,7-10,12-15H2,1-2H3. The lowest BCUT2D eigenvalue weighted by atomic mass is 9.92. The monoisotopic (exact) mass is 441 g/mol. The molecule has 9 heteroatoms. The summed E-state index contributed by atoms with van der Waals surface area (Å²) < 4.78 is 6.77. The van der Waals surface area contributed by atoms with Crippen molar-refractivity contribution in [3.05, 3.63) is 28.7 Å². The largest absolute Gasteiger partial charge is 0.466 e. The Bertz CT molecular complexity index is 1040. The number of carbonyl (C=O) groups is 2. The van der Waals surface area contributed by atoms with Crippen molar-refractivity contribution in [2.45, 2.75) is 46.1 Å². The average molecular weight is 442 g/mol. The zero-order valence-electron chi connectivity index (χ0n) is 18.8. The number of nitrogens with zero attached hydrogens (tertiary/aromatic N) is 5. The Labute approximate surface area is 187 Å². The number of esters is 1. The van der Waals surface area contributed by atoms with Crippen molar-refractivity contribution >= 4 is 28.9 Å². The van der Waals surface area contributed by atoms with Gasteiger partial charge in [-0.1, -0.05) is 0 Å². The van der Waals surface area contributed by atoms with Gasteiger partial charge in [0, 0.05) is 44.8 Å². The third-order valence-electron chi connectivity index (χ3n) is 6.57. The molecule has 0 aliphatic carbocycles. The Morgan fingerprint density at radius 3 is 2.41 bits per heavy atom. The first kappa shape index (κ1) is 22.2. The maximum atomic E-state index is 13.0. The summed E-state index contributed by atoms with van der Waals surface area (Å²) in [5.74, 6) is 0.293. The number of likely N-dealkylation sites (tertiary alicyclic amines) is 1. The van der Waals surface area contributed by atoms with E-state index in [1.54, 1.807) is 10.8 Å². The molecule has 2 fully saturated rings. The summed E-state index contributed by atoms with van der Waals surface area (Å²) in [7, 11) is 0. The summed E-state index contributed by atoms with van der Waals surface area (Å²) >= 11 is 0. The molecule has 0 unspecified atom stereocenters. The molecule has 0 saturated carbocycles. The molecular weight excluding hydrogens is 410 g/mol. The first-order valence-electron chi connectivity index (χ1n) is 11.6. The van der Waals surface area contributed by atoms with Gasteiger partial charge in [0.15, 0.2) is 11.5 Å². The third kappa shape index (κ3) is 4.33. The normalized spacial score (nSPS) is 18.2. The molecule has 2 aliphatic heterocycles. The first-order chi connectivity index (χ1) is 15.5. The SMILES string of the molecule is CCOC(=O)C1CCN(C(=O)C2CCN(c3nc4cccnc4n(CC)c3=O)CC2)CC1. The van der Waals surface area contributed by atoms with Crippen LogP contribution in [0.3, 0.4) is 0 Å². The van der Waals surface area contributed by atoms with Crippen LogP contribution >= 0.6 is 0 Å². The molecule has 2 aromatic heterocycles. The van der Waals surface area contributed by atoms with E-state index in [1.807, 2.05) is 35.8 Å². The van der Waals surface area contributed by atoms with Crippen LogP contribution in [-0.4, -0.2) is 64.1 Å². The number of ether oxygens (including phenoxy) is 1. The van der Waals surface area contributed by atoms with Gasteiger partial charge in [0.1, 0.15) is 5.52 Å². The Hall–Kier alpha value is -2.97. The smallest absolute Gasteiger partial charge is 0.309 e. The number of hydrogen-bond donors (Lipinski definition) is 0. The molecule has 0 atom stereocenters. The molecule has 2 aromatic rings. The molecule has 2 saturated heterocycles. The highest BCUT2D eigenvalue weighted by Gasteiger charge is 2.33. The second-order valence-electron chi connectivity index (χ2n) is 8.44. The van der Waals surface area contributed by atoms with Gasteiger partial charge in [0.2, 0.25) is 5.91 Å².